The van der Waals surface area contributed by atoms with E-state index in [1.54, 1.807) is 19.9 Å². The Morgan fingerprint density at radius 2 is 1.83 bits per heavy atom. The largest absolute Gasteiger partial charge is 0.464 e. The van der Waals surface area contributed by atoms with E-state index in [0.29, 0.717) is 40.3 Å². The molecule has 24 heavy (non-hydrogen) atoms. The Morgan fingerprint density at radius 3 is 2.38 bits per heavy atom. The second kappa shape index (κ2) is 6.74. The number of ketones is 1. The van der Waals surface area contributed by atoms with Gasteiger partial charge in [-0.05, 0) is 38.8 Å². The van der Waals surface area contributed by atoms with Crippen LogP contribution in [0.3, 0.4) is 0 Å². The van der Waals surface area contributed by atoms with Gasteiger partial charge in [0, 0.05) is 17.0 Å². The van der Waals surface area contributed by atoms with Gasteiger partial charge in [-0.3, -0.25) is 9.59 Å². The first-order chi connectivity index (χ1) is 11.3. The van der Waals surface area contributed by atoms with Crippen LogP contribution in [0.4, 0.5) is 5.69 Å². The van der Waals surface area contributed by atoms with E-state index in [4.69, 9.17) is 4.74 Å². The molecule has 2 rings (SSSR count). The molecule has 0 saturated heterocycles. The van der Waals surface area contributed by atoms with Crippen molar-refractivity contribution in [3.8, 4) is 0 Å². The Labute approximate surface area is 139 Å². The maximum absolute atomic E-state index is 12.6. The number of H-pyrrole nitrogens is 2. The second-order valence-electron chi connectivity index (χ2n) is 5.58. The van der Waals surface area contributed by atoms with Gasteiger partial charge in [0.1, 0.15) is 11.4 Å². The number of ether oxygens (including phenoxy) is 1. The van der Waals surface area contributed by atoms with Gasteiger partial charge < -0.3 is 20.0 Å². The van der Waals surface area contributed by atoms with E-state index in [2.05, 4.69) is 15.3 Å². The van der Waals surface area contributed by atoms with Crippen LogP contribution < -0.4 is 5.32 Å². The van der Waals surface area contributed by atoms with Crippen LogP contribution in [0.5, 0.6) is 0 Å². The minimum Gasteiger partial charge on any atom is -0.464 e. The van der Waals surface area contributed by atoms with Crippen LogP contribution in [0.2, 0.25) is 0 Å². The van der Waals surface area contributed by atoms with Crippen molar-refractivity contribution in [3.63, 3.8) is 0 Å². The number of aromatic amines is 2. The standard InChI is InChI=1S/C17H21N3O4/c1-6-11-13(10(4)21)9(3)19-14(11)16(22)20-12-7-8(2)18-15(12)17(23)24-5/h7,18-19H,6H2,1-5H3,(H,20,22). The summed E-state index contributed by atoms with van der Waals surface area (Å²) >= 11 is 0. The maximum Gasteiger partial charge on any atom is 0.356 e. The van der Waals surface area contributed by atoms with Gasteiger partial charge in [-0.25, -0.2) is 4.79 Å². The van der Waals surface area contributed by atoms with Crippen LogP contribution in [0.15, 0.2) is 6.07 Å². The summed E-state index contributed by atoms with van der Waals surface area (Å²) < 4.78 is 4.70. The molecule has 0 fully saturated rings. The lowest BCUT2D eigenvalue weighted by Crippen LogP contribution is -2.17. The van der Waals surface area contributed by atoms with E-state index in [1.807, 2.05) is 6.92 Å². The van der Waals surface area contributed by atoms with Crippen molar-refractivity contribution in [2.45, 2.75) is 34.1 Å². The molecule has 0 atom stereocenters. The van der Waals surface area contributed by atoms with Crippen molar-refractivity contribution in [2.75, 3.05) is 12.4 Å². The molecule has 0 aliphatic heterocycles. The van der Waals surface area contributed by atoms with Gasteiger partial charge in [0.15, 0.2) is 5.78 Å². The van der Waals surface area contributed by atoms with Crippen molar-refractivity contribution in [3.05, 3.63) is 40.0 Å². The summed E-state index contributed by atoms with van der Waals surface area (Å²) in [6, 6.07) is 1.65. The van der Waals surface area contributed by atoms with Gasteiger partial charge in [-0.1, -0.05) is 6.92 Å². The summed E-state index contributed by atoms with van der Waals surface area (Å²) in [6.07, 6.45) is 0.540. The Morgan fingerprint density at radius 1 is 1.17 bits per heavy atom. The van der Waals surface area contributed by atoms with Gasteiger partial charge >= 0.3 is 5.97 Å². The highest BCUT2D eigenvalue weighted by Crippen LogP contribution is 2.23. The number of hydrogen-bond acceptors (Lipinski definition) is 4. The number of amides is 1. The Hall–Kier alpha value is -2.83. The van der Waals surface area contributed by atoms with E-state index >= 15 is 0 Å². The zero-order valence-corrected chi connectivity index (χ0v) is 14.4. The van der Waals surface area contributed by atoms with Crippen LogP contribution in [0, 0.1) is 13.8 Å². The summed E-state index contributed by atoms with van der Waals surface area (Å²) in [5.74, 6) is -1.07. The molecule has 0 spiro atoms. The van der Waals surface area contributed by atoms with Gasteiger partial charge in [0.25, 0.3) is 5.91 Å². The van der Waals surface area contributed by atoms with E-state index in [0.717, 1.165) is 0 Å². The highest BCUT2D eigenvalue weighted by atomic mass is 16.5. The molecular formula is C17H21N3O4. The molecule has 2 aromatic heterocycles. The molecule has 3 N–H and O–H groups in total. The summed E-state index contributed by atoms with van der Waals surface area (Å²) in [7, 11) is 1.27. The molecule has 2 aromatic rings. The Bertz CT molecular complexity index is 814. The molecular weight excluding hydrogens is 310 g/mol. The molecule has 0 aromatic carbocycles. The number of methoxy groups -OCH3 is 1. The third-order valence-electron chi connectivity index (χ3n) is 3.81. The molecule has 0 aliphatic rings. The predicted octanol–water partition coefficient (Wildman–Crippen LogP) is 2.76. The van der Waals surface area contributed by atoms with Crippen molar-refractivity contribution < 1.29 is 19.1 Å². The number of carbonyl (C=O) groups is 3. The van der Waals surface area contributed by atoms with Crippen LogP contribution in [0.1, 0.15) is 62.1 Å². The second-order valence-corrected chi connectivity index (χ2v) is 5.58. The zero-order chi connectivity index (χ0) is 18.0. The fraction of sp³-hybridized carbons (Fsp3) is 0.353. The molecule has 7 nitrogen and oxygen atoms in total. The number of rotatable bonds is 5. The smallest absolute Gasteiger partial charge is 0.356 e. The summed E-state index contributed by atoms with van der Waals surface area (Å²) in [4.78, 5) is 42.1. The topological polar surface area (TPSA) is 104 Å². The predicted molar refractivity (Wildman–Crippen MR) is 89.7 cm³/mol. The number of aryl methyl sites for hydroxylation is 2. The van der Waals surface area contributed by atoms with Gasteiger partial charge in [-0.15, -0.1) is 0 Å². The Kier molecular flexibility index (Phi) is 4.92. The van der Waals surface area contributed by atoms with E-state index in [1.165, 1.54) is 14.0 Å². The summed E-state index contributed by atoms with van der Waals surface area (Å²) in [6.45, 7) is 6.88. The number of hydrogen-bond donors (Lipinski definition) is 3. The van der Waals surface area contributed by atoms with Gasteiger partial charge in [0.2, 0.25) is 0 Å². The van der Waals surface area contributed by atoms with Crippen LogP contribution in [-0.2, 0) is 11.2 Å². The van der Waals surface area contributed by atoms with Crippen molar-refractivity contribution in [2.24, 2.45) is 0 Å². The number of anilines is 1. The van der Waals surface area contributed by atoms with Crippen molar-refractivity contribution in [1.82, 2.24) is 9.97 Å². The number of Topliss-reactive ketones (excluding diaryl/α,β-unsaturated/α-hetero) is 1. The molecule has 0 unspecified atom stereocenters. The van der Waals surface area contributed by atoms with Crippen LogP contribution in [0.25, 0.3) is 0 Å². The van der Waals surface area contributed by atoms with E-state index < -0.39 is 11.9 Å². The third-order valence-corrected chi connectivity index (χ3v) is 3.81. The number of carbonyl (C=O) groups excluding carboxylic acids is 3. The average Bonchev–Trinajstić information content (AvgIpc) is 3.05. The fourth-order valence-corrected chi connectivity index (χ4v) is 2.84. The molecule has 128 valence electrons. The van der Waals surface area contributed by atoms with Crippen molar-refractivity contribution >= 4 is 23.3 Å². The first-order valence-corrected chi connectivity index (χ1v) is 7.61. The lowest BCUT2D eigenvalue weighted by atomic mass is 10.0. The Balaban J connectivity index is 2.40. The molecule has 0 radical (unpaired) electrons. The third kappa shape index (κ3) is 3.10. The van der Waals surface area contributed by atoms with Gasteiger partial charge in [-0.2, -0.15) is 0 Å². The monoisotopic (exact) mass is 331 g/mol. The zero-order valence-electron chi connectivity index (χ0n) is 14.4. The first-order valence-electron chi connectivity index (χ1n) is 7.61. The number of aromatic nitrogens is 2. The molecule has 0 saturated carbocycles. The molecule has 2 heterocycles. The fourth-order valence-electron chi connectivity index (χ4n) is 2.84. The van der Waals surface area contributed by atoms with E-state index in [-0.39, 0.29) is 11.5 Å². The normalized spacial score (nSPS) is 10.5. The average molecular weight is 331 g/mol. The lowest BCUT2D eigenvalue weighted by Gasteiger charge is -2.06. The van der Waals surface area contributed by atoms with Crippen molar-refractivity contribution in [1.29, 1.82) is 0 Å². The highest BCUT2D eigenvalue weighted by Gasteiger charge is 2.23. The summed E-state index contributed by atoms with van der Waals surface area (Å²) in [5, 5.41) is 2.70. The van der Waals surface area contributed by atoms with Gasteiger partial charge in [0.05, 0.1) is 12.8 Å². The summed E-state index contributed by atoms with van der Waals surface area (Å²) in [5.41, 5.74) is 3.43. The number of esters is 1. The SMILES string of the molecule is CCc1c(C(=O)Nc2cc(C)[nH]c2C(=O)OC)[nH]c(C)c1C(C)=O. The molecule has 0 bridgehead atoms. The highest BCUT2D eigenvalue weighted by molar-refractivity contribution is 6.09. The molecule has 7 heteroatoms. The molecule has 0 aliphatic carbocycles. The lowest BCUT2D eigenvalue weighted by molar-refractivity contribution is 0.0595. The van der Waals surface area contributed by atoms with Crippen LogP contribution >= 0.6 is 0 Å². The van der Waals surface area contributed by atoms with Crippen LogP contribution in [-0.4, -0.2) is 34.7 Å². The van der Waals surface area contributed by atoms with E-state index in [9.17, 15) is 14.4 Å². The minimum atomic E-state index is -0.568. The first kappa shape index (κ1) is 17.5. The number of nitrogens with one attached hydrogen (secondary N) is 3. The quantitative estimate of drug-likeness (QED) is 0.579. The molecule has 1 amide bonds. The maximum atomic E-state index is 12.6. The minimum absolute atomic E-state index is 0.0904.